The Morgan fingerprint density at radius 2 is 1.80 bits per heavy atom. The Kier molecular flexibility index (Phi) is 10.6. The van der Waals surface area contributed by atoms with Crippen LogP contribution < -0.4 is 0 Å². The van der Waals surface area contributed by atoms with Gasteiger partial charge in [-0.1, -0.05) is 6.58 Å². The van der Waals surface area contributed by atoms with E-state index in [4.69, 9.17) is 14.2 Å². The van der Waals surface area contributed by atoms with Crippen molar-refractivity contribution in [3.05, 3.63) is 12.7 Å². The van der Waals surface area contributed by atoms with Crippen molar-refractivity contribution in [1.29, 1.82) is 0 Å². The molecule has 0 aliphatic heterocycles. The number of hydrogen-bond acceptors (Lipinski definition) is 4. The van der Waals surface area contributed by atoms with Gasteiger partial charge in [0.05, 0.1) is 6.61 Å². The molecule has 88 valence electrons. The maximum Gasteiger partial charge on any atom is 0.330 e. The summed E-state index contributed by atoms with van der Waals surface area (Å²) in [5, 5.41) is 0. The number of esters is 1. The summed E-state index contributed by atoms with van der Waals surface area (Å²) in [6, 6.07) is 0. The zero-order chi connectivity index (χ0) is 11.4. The van der Waals surface area contributed by atoms with Gasteiger partial charge in [-0.3, -0.25) is 0 Å². The van der Waals surface area contributed by atoms with E-state index in [-0.39, 0.29) is 6.61 Å². The van der Waals surface area contributed by atoms with E-state index in [0.29, 0.717) is 13.2 Å². The monoisotopic (exact) mass is 216 g/mol. The zero-order valence-electron chi connectivity index (χ0n) is 9.37. The van der Waals surface area contributed by atoms with Gasteiger partial charge in [-0.15, -0.1) is 0 Å². The van der Waals surface area contributed by atoms with Crippen LogP contribution in [0.5, 0.6) is 0 Å². The van der Waals surface area contributed by atoms with Crippen molar-refractivity contribution in [3.63, 3.8) is 0 Å². The Balaban J connectivity index is 2.98. The molecule has 0 heterocycles. The van der Waals surface area contributed by atoms with E-state index < -0.39 is 5.97 Å². The van der Waals surface area contributed by atoms with Gasteiger partial charge in [0, 0.05) is 25.9 Å². The molecule has 0 aliphatic carbocycles. The summed E-state index contributed by atoms with van der Waals surface area (Å²) in [4.78, 5) is 10.6. The van der Waals surface area contributed by atoms with Crippen LogP contribution in [-0.4, -0.2) is 39.0 Å². The van der Waals surface area contributed by atoms with Gasteiger partial charge < -0.3 is 14.2 Å². The molecule has 0 bridgehead atoms. The van der Waals surface area contributed by atoms with Gasteiger partial charge in [-0.2, -0.15) is 0 Å². The van der Waals surface area contributed by atoms with Crippen LogP contribution in [-0.2, 0) is 19.0 Å². The quantitative estimate of drug-likeness (QED) is 0.316. The van der Waals surface area contributed by atoms with Gasteiger partial charge in [-0.25, -0.2) is 4.79 Å². The highest BCUT2D eigenvalue weighted by atomic mass is 16.6. The molecular weight excluding hydrogens is 196 g/mol. The molecular formula is C11H20O4. The number of carbonyl (C=O) groups is 1. The fraction of sp³-hybridized carbons (Fsp3) is 0.727. The van der Waals surface area contributed by atoms with Gasteiger partial charge in [-0.05, 0) is 19.8 Å². The lowest BCUT2D eigenvalue weighted by Crippen LogP contribution is -2.09. The molecule has 0 aromatic carbocycles. The molecule has 0 saturated heterocycles. The van der Waals surface area contributed by atoms with Crippen LogP contribution in [0.25, 0.3) is 0 Å². The Hall–Kier alpha value is -0.870. The summed E-state index contributed by atoms with van der Waals surface area (Å²) in [5.74, 6) is -0.407. The fourth-order valence-electron chi connectivity index (χ4n) is 0.915. The summed E-state index contributed by atoms with van der Waals surface area (Å²) in [6.45, 7) is 8.22. The van der Waals surface area contributed by atoms with Gasteiger partial charge in [0.1, 0.15) is 6.61 Å². The molecule has 0 aliphatic rings. The standard InChI is InChI=1S/C11H20O4/c1-3-11(12)15-10-9-14-8-6-5-7-13-4-2/h3H,1,4-10H2,2H3. The summed E-state index contributed by atoms with van der Waals surface area (Å²) in [7, 11) is 0. The number of rotatable bonds is 10. The van der Waals surface area contributed by atoms with E-state index in [1.165, 1.54) is 0 Å². The highest BCUT2D eigenvalue weighted by Gasteiger charge is 1.94. The fourth-order valence-corrected chi connectivity index (χ4v) is 0.915. The molecule has 0 saturated carbocycles. The van der Waals surface area contributed by atoms with Gasteiger partial charge >= 0.3 is 5.97 Å². The van der Waals surface area contributed by atoms with Gasteiger partial charge in [0.15, 0.2) is 0 Å². The molecule has 0 unspecified atom stereocenters. The first-order chi connectivity index (χ1) is 7.31. The summed E-state index contributed by atoms with van der Waals surface area (Å²) < 4.78 is 15.1. The van der Waals surface area contributed by atoms with E-state index in [9.17, 15) is 4.79 Å². The predicted molar refractivity (Wildman–Crippen MR) is 57.7 cm³/mol. The minimum absolute atomic E-state index is 0.288. The molecule has 0 N–H and O–H groups in total. The lowest BCUT2D eigenvalue weighted by Gasteiger charge is -2.04. The van der Waals surface area contributed by atoms with Crippen LogP contribution in [0.4, 0.5) is 0 Å². The zero-order valence-corrected chi connectivity index (χ0v) is 9.37. The Morgan fingerprint density at radius 1 is 1.13 bits per heavy atom. The summed E-state index contributed by atoms with van der Waals surface area (Å²) in [6.07, 6.45) is 3.11. The van der Waals surface area contributed by atoms with E-state index in [1.807, 2.05) is 6.92 Å². The molecule has 0 spiro atoms. The number of hydrogen-bond donors (Lipinski definition) is 0. The predicted octanol–water partition coefficient (Wildman–Crippen LogP) is 1.55. The van der Waals surface area contributed by atoms with Crippen LogP contribution in [0, 0.1) is 0 Å². The molecule has 0 aromatic rings. The third-order valence-electron chi connectivity index (χ3n) is 1.67. The molecule has 0 amide bonds. The second kappa shape index (κ2) is 11.2. The average molecular weight is 216 g/mol. The molecule has 0 radical (unpaired) electrons. The Labute approximate surface area is 91.2 Å². The molecule has 0 fully saturated rings. The van der Waals surface area contributed by atoms with E-state index in [2.05, 4.69) is 6.58 Å². The second-order valence-corrected chi connectivity index (χ2v) is 2.89. The smallest absolute Gasteiger partial charge is 0.330 e. The normalized spacial score (nSPS) is 9.93. The number of carbonyl (C=O) groups excluding carboxylic acids is 1. The highest BCUT2D eigenvalue weighted by molar-refractivity contribution is 5.81. The van der Waals surface area contributed by atoms with Crippen LogP contribution in [0.1, 0.15) is 19.8 Å². The van der Waals surface area contributed by atoms with Crippen LogP contribution >= 0.6 is 0 Å². The molecule has 4 heteroatoms. The maximum atomic E-state index is 10.6. The number of unbranched alkanes of at least 4 members (excludes halogenated alkanes) is 1. The second-order valence-electron chi connectivity index (χ2n) is 2.89. The van der Waals surface area contributed by atoms with Crippen LogP contribution in [0.15, 0.2) is 12.7 Å². The minimum Gasteiger partial charge on any atom is -0.460 e. The topological polar surface area (TPSA) is 44.8 Å². The van der Waals surface area contributed by atoms with Crippen LogP contribution in [0.2, 0.25) is 0 Å². The Bertz CT molecular complexity index is 168. The first-order valence-electron chi connectivity index (χ1n) is 5.26. The summed E-state index contributed by atoms with van der Waals surface area (Å²) >= 11 is 0. The molecule has 4 nitrogen and oxygen atoms in total. The van der Waals surface area contributed by atoms with E-state index in [1.54, 1.807) is 0 Å². The highest BCUT2D eigenvalue weighted by Crippen LogP contribution is 1.91. The van der Waals surface area contributed by atoms with Gasteiger partial charge in [0.2, 0.25) is 0 Å². The first-order valence-corrected chi connectivity index (χ1v) is 5.26. The number of ether oxygens (including phenoxy) is 3. The van der Waals surface area contributed by atoms with Crippen molar-refractivity contribution in [2.75, 3.05) is 33.0 Å². The molecule has 0 rings (SSSR count). The first kappa shape index (κ1) is 14.1. The summed E-state index contributed by atoms with van der Waals surface area (Å²) in [5.41, 5.74) is 0. The lowest BCUT2D eigenvalue weighted by atomic mass is 10.3. The third kappa shape index (κ3) is 11.1. The minimum atomic E-state index is -0.407. The van der Waals surface area contributed by atoms with E-state index in [0.717, 1.165) is 32.1 Å². The average Bonchev–Trinajstić information content (AvgIpc) is 2.26. The van der Waals surface area contributed by atoms with Crippen molar-refractivity contribution >= 4 is 5.97 Å². The molecule has 0 atom stereocenters. The largest absolute Gasteiger partial charge is 0.460 e. The van der Waals surface area contributed by atoms with Crippen molar-refractivity contribution < 1.29 is 19.0 Å². The van der Waals surface area contributed by atoms with Crippen molar-refractivity contribution in [1.82, 2.24) is 0 Å². The Morgan fingerprint density at radius 3 is 2.40 bits per heavy atom. The van der Waals surface area contributed by atoms with Crippen molar-refractivity contribution in [3.8, 4) is 0 Å². The molecule has 0 aromatic heterocycles. The molecule has 15 heavy (non-hydrogen) atoms. The maximum absolute atomic E-state index is 10.6. The SMILES string of the molecule is C=CC(=O)OCCOCCCCOCC. The van der Waals surface area contributed by atoms with Crippen molar-refractivity contribution in [2.45, 2.75) is 19.8 Å². The van der Waals surface area contributed by atoms with Crippen molar-refractivity contribution in [2.24, 2.45) is 0 Å². The van der Waals surface area contributed by atoms with Crippen LogP contribution in [0.3, 0.4) is 0 Å². The van der Waals surface area contributed by atoms with Gasteiger partial charge in [0.25, 0.3) is 0 Å². The third-order valence-corrected chi connectivity index (χ3v) is 1.67. The van der Waals surface area contributed by atoms with E-state index >= 15 is 0 Å². The lowest BCUT2D eigenvalue weighted by molar-refractivity contribution is -0.139.